The Kier molecular flexibility index (Phi) is 3.32. The molecule has 0 aromatic carbocycles. The number of rotatable bonds is 1. The molecule has 3 aliphatic rings. The van der Waals surface area contributed by atoms with Gasteiger partial charge in [0.15, 0.2) is 0 Å². The van der Waals surface area contributed by atoms with Gasteiger partial charge in [-0.2, -0.15) is 0 Å². The standard InChI is InChI=1S/C14H25N3O/c1-16-9-4-12(13(16)18)17-8-3-6-14(11-17)5-2-7-15-10-14/h12,15H,2-11H2,1H3. The summed E-state index contributed by atoms with van der Waals surface area (Å²) in [6.45, 7) is 5.51. The molecule has 0 saturated carbocycles. The van der Waals surface area contributed by atoms with Gasteiger partial charge in [0.05, 0.1) is 6.04 Å². The first kappa shape index (κ1) is 12.4. The molecule has 0 bridgehead atoms. The van der Waals surface area contributed by atoms with E-state index in [1.807, 2.05) is 11.9 Å². The topological polar surface area (TPSA) is 35.6 Å². The van der Waals surface area contributed by atoms with Gasteiger partial charge in [0.2, 0.25) is 5.91 Å². The zero-order valence-corrected chi connectivity index (χ0v) is 11.5. The third kappa shape index (κ3) is 2.16. The Morgan fingerprint density at radius 2 is 2.11 bits per heavy atom. The second kappa shape index (κ2) is 4.82. The summed E-state index contributed by atoms with van der Waals surface area (Å²) in [7, 11) is 1.93. The second-order valence-corrected chi connectivity index (χ2v) is 6.42. The van der Waals surface area contributed by atoms with E-state index in [0.29, 0.717) is 11.3 Å². The van der Waals surface area contributed by atoms with Crippen LogP contribution in [0.2, 0.25) is 0 Å². The number of piperidine rings is 2. The van der Waals surface area contributed by atoms with Crippen molar-refractivity contribution in [3.8, 4) is 0 Å². The van der Waals surface area contributed by atoms with Gasteiger partial charge in [-0.15, -0.1) is 0 Å². The number of amides is 1. The maximum Gasteiger partial charge on any atom is 0.239 e. The van der Waals surface area contributed by atoms with Crippen molar-refractivity contribution >= 4 is 5.91 Å². The van der Waals surface area contributed by atoms with Crippen molar-refractivity contribution in [3.63, 3.8) is 0 Å². The molecule has 1 amide bonds. The first-order valence-electron chi connectivity index (χ1n) is 7.40. The quantitative estimate of drug-likeness (QED) is 0.744. The van der Waals surface area contributed by atoms with Crippen LogP contribution in [0, 0.1) is 5.41 Å². The lowest BCUT2D eigenvalue weighted by Crippen LogP contribution is -2.55. The fourth-order valence-electron chi connectivity index (χ4n) is 4.03. The Morgan fingerprint density at radius 1 is 1.28 bits per heavy atom. The summed E-state index contributed by atoms with van der Waals surface area (Å²) in [5, 5.41) is 3.55. The van der Waals surface area contributed by atoms with Gasteiger partial charge in [-0.05, 0) is 50.6 Å². The van der Waals surface area contributed by atoms with Gasteiger partial charge in [0, 0.05) is 26.7 Å². The highest BCUT2D eigenvalue weighted by Crippen LogP contribution is 2.37. The van der Waals surface area contributed by atoms with Gasteiger partial charge in [-0.3, -0.25) is 9.69 Å². The van der Waals surface area contributed by atoms with Crippen molar-refractivity contribution in [1.29, 1.82) is 0 Å². The zero-order chi connectivity index (χ0) is 12.6. The molecule has 3 fully saturated rings. The van der Waals surface area contributed by atoms with Gasteiger partial charge >= 0.3 is 0 Å². The van der Waals surface area contributed by atoms with Crippen molar-refractivity contribution < 1.29 is 4.79 Å². The molecule has 0 aromatic heterocycles. The van der Waals surface area contributed by atoms with E-state index in [-0.39, 0.29) is 6.04 Å². The summed E-state index contributed by atoms with van der Waals surface area (Å²) in [5.41, 5.74) is 0.456. The highest BCUT2D eigenvalue weighted by molar-refractivity contribution is 5.83. The van der Waals surface area contributed by atoms with Crippen LogP contribution in [0.3, 0.4) is 0 Å². The average Bonchev–Trinajstić information content (AvgIpc) is 2.71. The maximum absolute atomic E-state index is 12.1. The minimum Gasteiger partial charge on any atom is -0.344 e. The van der Waals surface area contributed by atoms with Crippen LogP contribution in [0.4, 0.5) is 0 Å². The van der Waals surface area contributed by atoms with E-state index < -0.39 is 0 Å². The number of nitrogens with one attached hydrogen (secondary N) is 1. The minimum absolute atomic E-state index is 0.175. The Hall–Kier alpha value is -0.610. The third-order valence-electron chi connectivity index (χ3n) is 5.09. The van der Waals surface area contributed by atoms with Gasteiger partial charge in [0.25, 0.3) is 0 Å². The predicted octanol–water partition coefficient (Wildman–Crippen LogP) is 0.683. The fourth-order valence-corrected chi connectivity index (χ4v) is 4.03. The van der Waals surface area contributed by atoms with E-state index in [0.717, 1.165) is 32.6 Å². The van der Waals surface area contributed by atoms with Crippen LogP contribution in [0.1, 0.15) is 32.1 Å². The van der Waals surface area contributed by atoms with E-state index in [4.69, 9.17) is 0 Å². The number of carbonyl (C=O) groups is 1. The third-order valence-corrected chi connectivity index (χ3v) is 5.09. The highest BCUT2D eigenvalue weighted by atomic mass is 16.2. The molecule has 3 heterocycles. The molecule has 18 heavy (non-hydrogen) atoms. The summed E-state index contributed by atoms with van der Waals surface area (Å²) in [6.07, 6.45) is 6.26. The molecule has 1 spiro atoms. The monoisotopic (exact) mass is 251 g/mol. The zero-order valence-electron chi connectivity index (χ0n) is 11.5. The van der Waals surface area contributed by atoms with Crippen molar-refractivity contribution in [2.45, 2.75) is 38.1 Å². The van der Waals surface area contributed by atoms with Crippen LogP contribution in [0.25, 0.3) is 0 Å². The Bertz CT molecular complexity index is 319. The number of likely N-dealkylation sites (tertiary alicyclic amines) is 2. The molecule has 3 aliphatic heterocycles. The van der Waals surface area contributed by atoms with Gasteiger partial charge < -0.3 is 10.2 Å². The lowest BCUT2D eigenvalue weighted by atomic mass is 9.74. The van der Waals surface area contributed by atoms with Crippen LogP contribution in [0.5, 0.6) is 0 Å². The van der Waals surface area contributed by atoms with Crippen molar-refractivity contribution in [2.24, 2.45) is 5.41 Å². The highest BCUT2D eigenvalue weighted by Gasteiger charge is 2.42. The fraction of sp³-hybridized carbons (Fsp3) is 0.929. The number of nitrogens with zero attached hydrogens (tertiary/aromatic N) is 2. The number of hydrogen-bond donors (Lipinski definition) is 1. The Morgan fingerprint density at radius 3 is 2.78 bits per heavy atom. The van der Waals surface area contributed by atoms with Crippen molar-refractivity contribution in [1.82, 2.24) is 15.1 Å². The summed E-state index contributed by atoms with van der Waals surface area (Å²) >= 11 is 0. The second-order valence-electron chi connectivity index (χ2n) is 6.42. The van der Waals surface area contributed by atoms with Crippen LogP contribution in [0.15, 0.2) is 0 Å². The molecule has 0 aliphatic carbocycles. The summed E-state index contributed by atoms with van der Waals surface area (Å²) < 4.78 is 0. The Labute approximate surface area is 110 Å². The minimum atomic E-state index is 0.175. The summed E-state index contributed by atoms with van der Waals surface area (Å²) in [6, 6.07) is 0.175. The molecule has 0 aromatic rings. The smallest absolute Gasteiger partial charge is 0.239 e. The van der Waals surface area contributed by atoms with E-state index in [1.165, 1.54) is 32.2 Å². The molecule has 102 valence electrons. The molecular weight excluding hydrogens is 226 g/mol. The maximum atomic E-state index is 12.1. The first-order valence-corrected chi connectivity index (χ1v) is 7.40. The normalized spacial score (nSPS) is 38.6. The van der Waals surface area contributed by atoms with E-state index in [1.54, 1.807) is 0 Å². The lowest BCUT2D eigenvalue weighted by Gasteiger charge is -2.46. The summed E-state index contributed by atoms with van der Waals surface area (Å²) in [5.74, 6) is 0.343. The molecule has 2 atom stereocenters. The van der Waals surface area contributed by atoms with Crippen LogP contribution >= 0.6 is 0 Å². The first-order chi connectivity index (χ1) is 8.70. The number of carbonyl (C=O) groups excluding carboxylic acids is 1. The van der Waals surface area contributed by atoms with Gasteiger partial charge in [-0.25, -0.2) is 0 Å². The number of hydrogen-bond acceptors (Lipinski definition) is 3. The molecule has 0 radical (unpaired) electrons. The van der Waals surface area contributed by atoms with E-state index in [2.05, 4.69) is 10.2 Å². The molecule has 1 N–H and O–H groups in total. The molecule has 3 rings (SSSR count). The van der Waals surface area contributed by atoms with Gasteiger partial charge in [0.1, 0.15) is 0 Å². The molecule has 4 heteroatoms. The molecule has 2 unspecified atom stereocenters. The van der Waals surface area contributed by atoms with Crippen LogP contribution in [-0.4, -0.2) is 61.5 Å². The lowest BCUT2D eigenvalue weighted by molar-refractivity contribution is -0.132. The molecular formula is C14H25N3O. The number of likely N-dealkylation sites (N-methyl/N-ethyl adjacent to an activating group) is 1. The van der Waals surface area contributed by atoms with Crippen LogP contribution < -0.4 is 5.32 Å². The summed E-state index contributed by atoms with van der Waals surface area (Å²) in [4.78, 5) is 16.5. The Balaban J connectivity index is 1.68. The van der Waals surface area contributed by atoms with Crippen molar-refractivity contribution in [2.75, 3.05) is 39.8 Å². The van der Waals surface area contributed by atoms with E-state index in [9.17, 15) is 4.79 Å². The van der Waals surface area contributed by atoms with Gasteiger partial charge in [-0.1, -0.05) is 0 Å². The molecule has 3 saturated heterocycles. The van der Waals surface area contributed by atoms with Crippen LogP contribution in [-0.2, 0) is 4.79 Å². The predicted molar refractivity (Wildman–Crippen MR) is 71.4 cm³/mol. The SMILES string of the molecule is CN1CCC(N2CCCC3(CCCNC3)C2)C1=O. The average molecular weight is 251 g/mol. The van der Waals surface area contributed by atoms with Crippen molar-refractivity contribution in [3.05, 3.63) is 0 Å². The van der Waals surface area contributed by atoms with E-state index >= 15 is 0 Å². The largest absolute Gasteiger partial charge is 0.344 e. The molecule has 4 nitrogen and oxygen atoms in total.